The number of pyridine rings is 1. The number of aromatic nitrogens is 2. The molecule has 0 spiro atoms. The number of fused-ring (bicyclic) bond motifs is 1. The van der Waals surface area contributed by atoms with Crippen LogP contribution in [0.3, 0.4) is 0 Å². The summed E-state index contributed by atoms with van der Waals surface area (Å²) < 4.78 is 2.10. The van der Waals surface area contributed by atoms with E-state index in [1.54, 1.807) is 12.4 Å². The van der Waals surface area contributed by atoms with Gasteiger partial charge in [0.25, 0.3) is 5.91 Å². The normalized spacial score (nSPS) is 11.0. The zero-order valence-corrected chi connectivity index (χ0v) is 14.5. The molecule has 2 heterocycles. The van der Waals surface area contributed by atoms with Crippen LogP contribution >= 0.6 is 0 Å². The molecule has 0 N–H and O–H groups in total. The Morgan fingerprint density at radius 2 is 1.88 bits per heavy atom. The van der Waals surface area contributed by atoms with Gasteiger partial charge in [-0.05, 0) is 44.0 Å². The van der Waals surface area contributed by atoms with E-state index in [9.17, 15) is 4.79 Å². The fraction of sp³-hybridized carbons (Fsp3) is 0.300. The van der Waals surface area contributed by atoms with Gasteiger partial charge in [-0.3, -0.25) is 9.78 Å². The first-order chi connectivity index (χ1) is 11.6. The monoisotopic (exact) mass is 321 g/mol. The smallest absolute Gasteiger partial charge is 0.256 e. The molecular formula is C20H23N3O. The third kappa shape index (κ3) is 2.92. The molecule has 4 nitrogen and oxygen atoms in total. The lowest BCUT2D eigenvalue weighted by Gasteiger charge is -2.21. The molecule has 0 radical (unpaired) electrons. The van der Waals surface area contributed by atoms with Crippen molar-refractivity contribution in [2.45, 2.75) is 20.3 Å². The zero-order chi connectivity index (χ0) is 17.1. The van der Waals surface area contributed by atoms with Gasteiger partial charge in [0, 0.05) is 49.1 Å². The molecule has 0 saturated carbocycles. The first-order valence-corrected chi connectivity index (χ1v) is 8.35. The molecule has 0 aliphatic carbocycles. The van der Waals surface area contributed by atoms with Crippen LogP contribution in [0.5, 0.6) is 0 Å². The Morgan fingerprint density at radius 3 is 2.58 bits per heavy atom. The van der Waals surface area contributed by atoms with Gasteiger partial charge in [-0.25, -0.2) is 0 Å². The van der Waals surface area contributed by atoms with E-state index in [0.29, 0.717) is 13.1 Å². The summed E-state index contributed by atoms with van der Waals surface area (Å²) in [5, 5.41) is 1.03. The Labute approximate surface area is 142 Å². The van der Waals surface area contributed by atoms with Gasteiger partial charge in [0.15, 0.2) is 0 Å². The summed E-state index contributed by atoms with van der Waals surface area (Å²) in [7, 11) is 2.02. The average Bonchev–Trinajstić information content (AvgIpc) is 2.87. The summed E-state index contributed by atoms with van der Waals surface area (Å²) in [5.74, 6) is 0.112. The van der Waals surface area contributed by atoms with Crippen LogP contribution < -0.4 is 0 Å². The highest BCUT2D eigenvalue weighted by atomic mass is 16.2. The number of hydrogen-bond donors (Lipinski definition) is 0. The van der Waals surface area contributed by atoms with Gasteiger partial charge in [-0.1, -0.05) is 18.2 Å². The molecule has 2 aromatic heterocycles. The van der Waals surface area contributed by atoms with Crippen LogP contribution in [0.15, 0.2) is 48.8 Å². The van der Waals surface area contributed by atoms with Crippen molar-refractivity contribution >= 4 is 16.8 Å². The molecule has 0 saturated heterocycles. The predicted molar refractivity (Wildman–Crippen MR) is 97.2 cm³/mol. The summed E-state index contributed by atoms with van der Waals surface area (Å²) in [4.78, 5) is 19.1. The van der Waals surface area contributed by atoms with Crippen LogP contribution in [0.25, 0.3) is 10.9 Å². The number of hydrogen-bond acceptors (Lipinski definition) is 2. The largest absolute Gasteiger partial charge is 0.347 e. The van der Waals surface area contributed by atoms with E-state index in [2.05, 4.69) is 15.6 Å². The first kappa shape index (κ1) is 16.2. The van der Waals surface area contributed by atoms with E-state index in [1.807, 2.05) is 56.1 Å². The van der Waals surface area contributed by atoms with Crippen molar-refractivity contribution in [2.75, 3.05) is 13.1 Å². The summed E-state index contributed by atoms with van der Waals surface area (Å²) in [6.45, 7) is 5.46. The van der Waals surface area contributed by atoms with Crippen LogP contribution in [0, 0.1) is 6.92 Å². The molecule has 0 atom stereocenters. The quantitative estimate of drug-likeness (QED) is 0.720. The predicted octanol–water partition coefficient (Wildman–Crippen LogP) is 3.59. The molecule has 0 fully saturated rings. The van der Waals surface area contributed by atoms with E-state index in [1.165, 1.54) is 5.56 Å². The molecule has 24 heavy (non-hydrogen) atoms. The second kappa shape index (κ2) is 6.87. The number of rotatable bonds is 5. The number of carbonyl (C=O) groups excluding carboxylic acids is 1. The minimum Gasteiger partial charge on any atom is -0.347 e. The van der Waals surface area contributed by atoms with Crippen molar-refractivity contribution in [3.05, 3.63) is 65.6 Å². The number of para-hydroxylation sites is 1. The SMILES string of the molecule is CCN(CCc1ccncc1)C(=O)c1c(C)n(C)c2ccccc12. The van der Waals surface area contributed by atoms with Crippen molar-refractivity contribution < 1.29 is 4.79 Å². The Bertz CT molecular complexity index is 852. The van der Waals surface area contributed by atoms with Crippen LogP contribution in [-0.2, 0) is 13.5 Å². The van der Waals surface area contributed by atoms with E-state index in [0.717, 1.165) is 28.6 Å². The summed E-state index contributed by atoms with van der Waals surface area (Å²) in [6.07, 6.45) is 4.43. The maximum absolute atomic E-state index is 13.1. The fourth-order valence-electron chi connectivity index (χ4n) is 3.17. The second-order valence-corrected chi connectivity index (χ2v) is 6.03. The third-order valence-electron chi connectivity index (χ3n) is 4.70. The molecule has 0 aliphatic heterocycles. The van der Waals surface area contributed by atoms with Gasteiger partial charge in [0.1, 0.15) is 0 Å². The summed E-state index contributed by atoms with van der Waals surface area (Å²) in [5.41, 5.74) is 4.14. The van der Waals surface area contributed by atoms with Gasteiger partial charge in [0.2, 0.25) is 0 Å². The lowest BCUT2D eigenvalue weighted by Crippen LogP contribution is -2.33. The van der Waals surface area contributed by atoms with Gasteiger partial charge in [-0.2, -0.15) is 0 Å². The maximum atomic E-state index is 13.1. The summed E-state index contributed by atoms with van der Waals surface area (Å²) >= 11 is 0. The van der Waals surface area contributed by atoms with Crippen molar-refractivity contribution in [3.8, 4) is 0 Å². The molecule has 124 valence electrons. The minimum atomic E-state index is 0.112. The number of likely N-dealkylation sites (N-methyl/N-ethyl adjacent to an activating group) is 1. The molecule has 1 aromatic carbocycles. The average molecular weight is 321 g/mol. The topological polar surface area (TPSA) is 38.1 Å². The third-order valence-corrected chi connectivity index (χ3v) is 4.70. The molecular weight excluding hydrogens is 298 g/mol. The highest BCUT2D eigenvalue weighted by Gasteiger charge is 2.22. The Balaban J connectivity index is 1.88. The molecule has 0 aliphatic rings. The first-order valence-electron chi connectivity index (χ1n) is 8.35. The molecule has 1 amide bonds. The van der Waals surface area contributed by atoms with Gasteiger partial charge in [0.05, 0.1) is 5.56 Å². The summed E-state index contributed by atoms with van der Waals surface area (Å²) in [6, 6.07) is 12.1. The van der Waals surface area contributed by atoms with E-state index in [4.69, 9.17) is 0 Å². The van der Waals surface area contributed by atoms with Crippen LogP contribution in [-0.4, -0.2) is 33.4 Å². The lowest BCUT2D eigenvalue weighted by atomic mass is 10.1. The molecule has 3 aromatic rings. The molecule has 0 bridgehead atoms. The Kier molecular flexibility index (Phi) is 4.65. The molecule has 3 rings (SSSR count). The van der Waals surface area contributed by atoms with Crippen molar-refractivity contribution in [3.63, 3.8) is 0 Å². The van der Waals surface area contributed by atoms with Crippen LogP contribution in [0.2, 0.25) is 0 Å². The number of amides is 1. The van der Waals surface area contributed by atoms with E-state index in [-0.39, 0.29) is 5.91 Å². The standard InChI is InChI=1S/C20H23N3O/c1-4-23(14-11-16-9-12-21-13-10-16)20(24)19-15(2)22(3)18-8-6-5-7-17(18)19/h5-10,12-13H,4,11,14H2,1-3H3. The second-order valence-electron chi connectivity index (χ2n) is 6.03. The highest BCUT2D eigenvalue weighted by Crippen LogP contribution is 2.26. The van der Waals surface area contributed by atoms with Crippen LogP contribution in [0.4, 0.5) is 0 Å². The van der Waals surface area contributed by atoms with Crippen molar-refractivity contribution in [2.24, 2.45) is 7.05 Å². The van der Waals surface area contributed by atoms with Gasteiger partial charge in [-0.15, -0.1) is 0 Å². The van der Waals surface area contributed by atoms with Gasteiger partial charge >= 0.3 is 0 Å². The van der Waals surface area contributed by atoms with Gasteiger partial charge < -0.3 is 9.47 Å². The lowest BCUT2D eigenvalue weighted by molar-refractivity contribution is 0.0767. The Morgan fingerprint density at radius 1 is 1.17 bits per heavy atom. The van der Waals surface area contributed by atoms with Crippen molar-refractivity contribution in [1.82, 2.24) is 14.5 Å². The van der Waals surface area contributed by atoms with E-state index >= 15 is 0 Å². The molecule has 4 heteroatoms. The fourth-order valence-corrected chi connectivity index (χ4v) is 3.17. The van der Waals surface area contributed by atoms with Crippen molar-refractivity contribution in [1.29, 1.82) is 0 Å². The van der Waals surface area contributed by atoms with E-state index < -0.39 is 0 Å². The maximum Gasteiger partial charge on any atom is 0.256 e. The molecule has 0 unspecified atom stereocenters. The highest BCUT2D eigenvalue weighted by molar-refractivity contribution is 6.08. The Hall–Kier alpha value is -2.62. The zero-order valence-electron chi connectivity index (χ0n) is 14.5. The number of aryl methyl sites for hydroxylation is 1. The number of carbonyl (C=O) groups is 1. The minimum absolute atomic E-state index is 0.112. The number of nitrogens with zero attached hydrogens (tertiary/aromatic N) is 3. The van der Waals surface area contributed by atoms with Crippen LogP contribution in [0.1, 0.15) is 28.5 Å². The number of benzene rings is 1.